The average Bonchev–Trinajstić information content (AvgIpc) is 2.57. The molecule has 0 aliphatic rings. The maximum absolute atomic E-state index is 13.0. The summed E-state index contributed by atoms with van der Waals surface area (Å²) in [6, 6.07) is 0. The van der Waals surface area contributed by atoms with Crippen LogP contribution >= 0.6 is 0 Å². The molecule has 0 bridgehead atoms. The summed E-state index contributed by atoms with van der Waals surface area (Å²) in [5.74, 6) is 0.353. The van der Waals surface area contributed by atoms with E-state index in [1.165, 1.54) is 51.8 Å². The summed E-state index contributed by atoms with van der Waals surface area (Å²) in [5, 5.41) is 10.2. The van der Waals surface area contributed by atoms with Crippen LogP contribution in [-0.2, 0) is 4.74 Å². The molecule has 0 saturated heterocycles. The van der Waals surface area contributed by atoms with Gasteiger partial charge < -0.3 is 0 Å². The molecule has 0 fully saturated rings. The van der Waals surface area contributed by atoms with Crippen molar-refractivity contribution in [3.05, 3.63) is 0 Å². The first-order valence-corrected chi connectivity index (χ1v) is 18.9. The molecule has 27 heavy (non-hydrogen) atoms. The van der Waals surface area contributed by atoms with E-state index < -0.39 is 24.0 Å². The molecule has 1 unspecified atom stereocenters. The van der Waals surface area contributed by atoms with E-state index in [0.717, 1.165) is 0 Å². The van der Waals surface area contributed by atoms with Gasteiger partial charge in [-0.25, -0.2) is 0 Å². The topological polar surface area (TPSA) is 49.8 Å². The van der Waals surface area contributed by atoms with Crippen LogP contribution < -0.4 is 0 Å². The molecule has 4 nitrogen and oxygen atoms in total. The minimum atomic E-state index is -2.75. The molecule has 0 heterocycles. The summed E-state index contributed by atoms with van der Waals surface area (Å²) < 4.78 is 9.83. The Labute approximate surface area is 173 Å². The van der Waals surface area contributed by atoms with Crippen LogP contribution in [0.1, 0.15) is 93.9 Å². The van der Waals surface area contributed by atoms with Gasteiger partial charge >= 0.3 is 174 Å². The van der Waals surface area contributed by atoms with Gasteiger partial charge in [-0.1, -0.05) is 0 Å². The molecular formula is C22H47NO3Sn. The number of ether oxygens (including phenoxy) is 1. The second-order valence-corrected chi connectivity index (χ2v) is 23.2. The molecule has 0 aromatic carbocycles. The number of aliphatic hydroxyl groups excluding tert-OH is 1. The van der Waals surface area contributed by atoms with Gasteiger partial charge in [0.15, 0.2) is 0 Å². The number of rotatable bonds is 13. The van der Waals surface area contributed by atoms with Crippen LogP contribution in [0.25, 0.3) is 0 Å². The van der Waals surface area contributed by atoms with Crippen molar-refractivity contribution < 1.29 is 14.6 Å². The average molecular weight is 492 g/mol. The Bertz CT molecular complexity index is 385. The second kappa shape index (κ2) is 13.3. The van der Waals surface area contributed by atoms with Crippen LogP contribution in [0.3, 0.4) is 0 Å². The van der Waals surface area contributed by atoms with E-state index in [4.69, 9.17) is 4.74 Å². The fourth-order valence-electron chi connectivity index (χ4n) is 4.38. The van der Waals surface area contributed by atoms with E-state index in [-0.39, 0.29) is 16.9 Å². The molecule has 1 amide bonds. The van der Waals surface area contributed by atoms with Gasteiger partial charge in [0.25, 0.3) is 0 Å². The Morgan fingerprint density at radius 3 is 1.63 bits per heavy atom. The number of unbranched alkanes of at least 4 members (excludes halogenated alkanes) is 3. The normalized spacial score (nSPS) is 13.7. The SMILES string of the molecule is CCC[CH2][Sn]([CH2]CCC)([CH2]CCC)[CH](C(C)C)N(CO)C(=O)OC(C)(C)C. The summed E-state index contributed by atoms with van der Waals surface area (Å²) in [6.07, 6.45) is 7.02. The number of aliphatic hydroxyl groups is 1. The Kier molecular flexibility index (Phi) is 13.3. The zero-order valence-corrected chi connectivity index (χ0v) is 22.3. The van der Waals surface area contributed by atoms with Crippen molar-refractivity contribution in [2.45, 2.75) is 117 Å². The standard InChI is InChI=1S/C10H20NO3.3C4H9.Sn/c1-8(2)6-11(7-12)9(13)14-10(3,4)5;3*1-3-4-2;/h6,8,12H,7H2,1-5H3;3*1,3-4H2,2H3;. The fourth-order valence-corrected chi connectivity index (χ4v) is 24.6. The van der Waals surface area contributed by atoms with Crippen LogP contribution in [0, 0.1) is 5.92 Å². The third-order valence-corrected chi connectivity index (χ3v) is 23.4. The summed E-state index contributed by atoms with van der Waals surface area (Å²) in [5.41, 5.74) is -0.541. The Balaban J connectivity index is 6.00. The predicted octanol–water partition coefficient (Wildman–Crippen LogP) is 6.59. The predicted molar refractivity (Wildman–Crippen MR) is 119 cm³/mol. The Hall–Kier alpha value is 0.0287. The number of carbonyl (C=O) groups excluding carboxylic acids is 1. The first-order valence-electron chi connectivity index (χ1n) is 11.2. The number of hydrogen-bond acceptors (Lipinski definition) is 3. The van der Waals surface area contributed by atoms with Crippen LogP contribution in [-0.4, -0.2) is 50.9 Å². The first kappa shape index (κ1) is 27.0. The van der Waals surface area contributed by atoms with Gasteiger partial charge in [-0.2, -0.15) is 0 Å². The number of carbonyl (C=O) groups is 1. The van der Waals surface area contributed by atoms with E-state index in [1.54, 1.807) is 4.90 Å². The molecule has 0 rings (SSSR count). The minimum absolute atomic E-state index is 0.198. The van der Waals surface area contributed by atoms with E-state index in [2.05, 4.69) is 34.6 Å². The van der Waals surface area contributed by atoms with Gasteiger partial charge in [-0.15, -0.1) is 0 Å². The third kappa shape index (κ3) is 9.38. The van der Waals surface area contributed by atoms with Gasteiger partial charge in [0.1, 0.15) is 0 Å². The first-order chi connectivity index (χ1) is 12.6. The molecule has 0 aliphatic carbocycles. The van der Waals surface area contributed by atoms with Gasteiger partial charge in [-0.05, 0) is 0 Å². The van der Waals surface area contributed by atoms with Crippen molar-refractivity contribution in [3.63, 3.8) is 0 Å². The molecule has 0 spiro atoms. The Morgan fingerprint density at radius 2 is 1.37 bits per heavy atom. The molecule has 1 atom stereocenters. The molecule has 0 aromatic heterocycles. The molecule has 1 N–H and O–H groups in total. The zero-order valence-electron chi connectivity index (χ0n) is 19.4. The molecule has 0 aliphatic heterocycles. The van der Waals surface area contributed by atoms with E-state index in [1.807, 2.05) is 20.8 Å². The van der Waals surface area contributed by atoms with E-state index >= 15 is 0 Å². The van der Waals surface area contributed by atoms with Gasteiger partial charge in [0, 0.05) is 0 Å². The molecule has 5 heteroatoms. The summed E-state index contributed by atoms with van der Waals surface area (Å²) in [6.45, 7) is 16.7. The summed E-state index contributed by atoms with van der Waals surface area (Å²) in [4.78, 5) is 14.7. The van der Waals surface area contributed by atoms with Crippen LogP contribution in [0.15, 0.2) is 0 Å². The van der Waals surface area contributed by atoms with E-state index in [0.29, 0.717) is 5.92 Å². The van der Waals surface area contributed by atoms with Gasteiger partial charge in [0.2, 0.25) is 0 Å². The second-order valence-electron chi connectivity index (χ2n) is 9.45. The van der Waals surface area contributed by atoms with Crippen LogP contribution in [0.2, 0.25) is 13.3 Å². The van der Waals surface area contributed by atoms with Gasteiger partial charge in [0.05, 0.1) is 0 Å². The van der Waals surface area contributed by atoms with Crippen LogP contribution in [0.5, 0.6) is 0 Å². The molecule has 0 saturated carbocycles. The van der Waals surface area contributed by atoms with Crippen LogP contribution in [0.4, 0.5) is 4.79 Å². The number of hydrogen-bond donors (Lipinski definition) is 1. The van der Waals surface area contributed by atoms with Crippen molar-refractivity contribution in [3.8, 4) is 0 Å². The Morgan fingerprint density at radius 1 is 0.963 bits per heavy atom. The number of amides is 1. The van der Waals surface area contributed by atoms with E-state index in [9.17, 15) is 9.90 Å². The van der Waals surface area contributed by atoms with Crippen molar-refractivity contribution in [2.75, 3.05) is 6.73 Å². The number of nitrogens with zero attached hydrogens (tertiary/aromatic N) is 1. The van der Waals surface area contributed by atoms with Crippen molar-refractivity contribution in [1.82, 2.24) is 4.90 Å². The quantitative estimate of drug-likeness (QED) is 0.233. The van der Waals surface area contributed by atoms with Crippen molar-refractivity contribution in [2.24, 2.45) is 5.92 Å². The monoisotopic (exact) mass is 493 g/mol. The maximum atomic E-state index is 13.0. The zero-order chi connectivity index (χ0) is 21.1. The molecular weight excluding hydrogens is 445 g/mol. The molecule has 0 aromatic rings. The van der Waals surface area contributed by atoms with Crippen molar-refractivity contribution >= 4 is 24.5 Å². The molecule has 162 valence electrons. The summed E-state index contributed by atoms with van der Waals surface area (Å²) in [7, 11) is 0. The summed E-state index contributed by atoms with van der Waals surface area (Å²) >= 11 is -2.75. The van der Waals surface area contributed by atoms with Crippen molar-refractivity contribution in [1.29, 1.82) is 0 Å². The molecule has 0 radical (unpaired) electrons. The fraction of sp³-hybridized carbons (Fsp3) is 0.955. The van der Waals surface area contributed by atoms with Gasteiger partial charge in [-0.3, -0.25) is 0 Å². The third-order valence-electron chi connectivity index (χ3n) is 5.46.